The molecular formula is C20H27FN4O. The van der Waals surface area contributed by atoms with Crippen molar-refractivity contribution in [3.05, 3.63) is 47.5 Å². The fourth-order valence-electron chi connectivity index (χ4n) is 3.56. The topological polar surface area (TPSA) is 50.2 Å². The third kappa shape index (κ3) is 3.96. The number of hydrogen-bond acceptors (Lipinski definition) is 3. The van der Waals surface area contributed by atoms with Crippen LogP contribution in [0.1, 0.15) is 42.7 Å². The van der Waals surface area contributed by atoms with Gasteiger partial charge >= 0.3 is 0 Å². The lowest BCUT2D eigenvalue weighted by Crippen LogP contribution is -2.41. The number of benzene rings is 1. The molecule has 0 aliphatic carbocycles. The van der Waals surface area contributed by atoms with Gasteiger partial charge in [-0.25, -0.2) is 9.07 Å². The largest absolute Gasteiger partial charge is 0.339 e. The summed E-state index contributed by atoms with van der Waals surface area (Å²) in [6.07, 6.45) is 4.41. The number of rotatable bonds is 6. The van der Waals surface area contributed by atoms with Gasteiger partial charge in [0.15, 0.2) is 0 Å². The Bertz CT molecular complexity index is 733. The van der Waals surface area contributed by atoms with Crippen LogP contribution in [0.4, 0.5) is 4.39 Å². The van der Waals surface area contributed by atoms with E-state index < -0.39 is 0 Å². The minimum atomic E-state index is -0.282. The van der Waals surface area contributed by atoms with Crippen molar-refractivity contribution in [3.63, 3.8) is 0 Å². The number of halogens is 1. The van der Waals surface area contributed by atoms with Crippen molar-refractivity contribution in [2.45, 2.75) is 33.1 Å². The Labute approximate surface area is 154 Å². The molecule has 1 saturated heterocycles. The van der Waals surface area contributed by atoms with Crippen LogP contribution in [0.5, 0.6) is 0 Å². The van der Waals surface area contributed by atoms with E-state index in [9.17, 15) is 9.18 Å². The van der Waals surface area contributed by atoms with Gasteiger partial charge in [0.1, 0.15) is 5.82 Å². The fraction of sp³-hybridized carbons (Fsp3) is 0.500. The summed E-state index contributed by atoms with van der Waals surface area (Å²) in [6.45, 7) is 7.72. The molecule has 0 unspecified atom stereocenters. The van der Waals surface area contributed by atoms with Gasteiger partial charge in [0.2, 0.25) is 0 Å². The van der Waals surface area contributed by atoms with Crippen molar-refractivity contribution < 1.29 is 9.18 Å². The van der Waals surface area contributed by atoms with Crippen LogP contribution >= 0.6 is 0 Å². The third-order valence-electron chi connectivity index (χ3n) is 5.09. The minimum absolute atomic E-state index is 0.0529. The van der Waals surface area contributed by atoms with E-state index in [-0.39, 0.29) is 11.7 Å². The number of nitrogens with one attached hydrogen (secondary N) is 1. The lowest BCUT2D eigenvalue weighted by atomic mass is 9.96. The highest BCUT2D eigenvalue weighted by Gasteiger charge is 2.26. The smallest absolute Gasteiger partial charge is 0.257 e. The molecule has 0 atom stereocenters. The van der Waals surface area contributed by atoms with Crippen LogP contribution in [0.25, 0.3) is 5.69 Å². The Morgan fingerprint density at radius 2 is 1.92 bits per heavy atom. The first-order valence-corrected chi connectivity index (χ1v) is 9.46. The van der Waals surface area contributed by atoms with Crippen LogP contribution in [-0.4, -0.2) is 46.8 Å². The van der Waals surface area contributed by atoms with Gasteiger partial charge in [0.05, 0.1) is 23.1 Å². The summed E-state index contributed by atoms with van der Waals surface area (Å²) in [5.74, 6) is 0.416. The zero-order chi connectivity index (χ0) is 18.5. The Balaban J connectivity index is 1.73. The third-order valence-corrected chi connectivity index (χ3v) is 5.09. The number of piperidine rings is 1. The number of amides is 1. The molecule has 1 N–H and O–H groups in total. The number of likely N-dealkylation sites (tertiary alicyclic amines) is 1. The highest BCUT2D eigenvalue weighted by molar-refractivity contribution is 5.95. The Morgan fingerprint density at radius 1 is 1.23 bits per heavy atom. The number of carbonyl (C=O) groups excluding carboxylic acids is 1. The van der Waals surface area contributed by atoms with Crippen molar-refractivity contribution in [1.82, 2.24) is 20.0 Å². The molecule has 0 bridgehead atoms. The second-order valence-electron chi connectivity index (χ2n) is 6.79. The first-order chi connectivity index (χ1) is 12.6. The second kappa shape index (κ2) is 8.45. The maximum absolute atomic E-state index is 13.2. The number of aromatic nitrogens is 2. The minimum Gasteiger partial charge on any atom is -0.339 e. The molecule has 2 heterocycles. The average molecular weight is 358 g/mol. The van der Waals surface area contributed by atoms with E-state index in [0.29, 0.717) is 17.9 Å². The van der Waals surface area contributed by atoms with Crippen molar-refractivity contribution in [3.8, 4) is 5.69 Å². The predicted octanol–water partition coefficient (Wildman–Crippen LogP) is 3.04. The maximum Gasteiger partial charge on any atom is 0.257 e. The van der Waals surface area contributed by atoms with E-state index in [2.05, 4.69) is 17.3 Å². The summed E-state index contributed by atoms with van der Waals surface area (Å²) >= 11 is 0. The summed E-state index contributed by atoms with van der Waals surface area (Å²) < 4.78 is 14.9. The molecule has 26 heavy (non-hydrogen) atoms. The van der Waals surface area contributed by atoms with E-state index in [4.69, 9.17) is 0 Å². The van der Waals surface area contributed by atoms with Gasteiger partial charge in [-0.2, -0.15) is 5.10 Å². The Morgan fingerprint density at radius 3 is 2.54 bits per heavy atom. The van der Waals surface area contributed by atoms with Crippen LogP contribution in [0.3, 0.4) is 0 Å². The molecule has 1 fully saturated rings. The van der Waals surface area contributed by atoms with Crippen LogP contribution in [0.2, 0.25) is 0 Å². The predicted molar refractivity (Wildman–Crippen MR) is 100 cm³/mol. The van der Waals surface area contributed by atoms with Crippen LogP contribution in [0, 0.1) is 11.7 Å². The molecule has 1 aliphatic heterocycles. The zero-order valence-electron chi connectivity index (χ0n) is 15.5. The van der Waals surface area contributed by atoms with Crippen molar-refractivity contribution in [1.29, 1.82) is 0 Å². The summed E-state index contributed by atoms with van der Waals surface area (Å²) in [7, 11) is 0. The lowest BCUT2D eigenvalue weighted by Gasteiger charge is -2.32. The summed E-state index contributed by atoms with van der Waals surface area (Å²) in [5, 5.41) is 7.79. The summed E-state index contributed by atoms with van der Waals surface area (Å²) in [4.78, 5) is 14.9. The number of nitrogens with zero attached hydrogens (tertiary/aromatic N) is 3. The first-order valence-electron chi connectivity index (χ1n) is 9.46. The highest BCUT2D eigenvalue weighted by Crippen LogP contribution is 2.22. The van der Waals surface area contributed by atoms with Crippen molar-refractivity contribution >= 4 is 5.91 Å². The van der Waals surface area contributed by atoms with Crippen LogP contribution in [-0.2, 0) is 6.42 Å². The van der Waals surface area contributed by atoms with Gasteiger partial charge in [0.25, 0.3) is 5.91 Å². The van der Waals surface area contributed by atoms with Crippen molar-refractivity contribution in [2.75, 3.05) is 26.2 Å². The molecule has 1 amide bonds. The molecule has 2 aromatic rings. The van der Waals surface area contributed by atoms with Crippen LogP contribution < -0.4 is 5.32 Å². The monoisotopic (exact) mass is 358 g/mol. The Hall–Kier alpha value is -2.21. The van der Waals surface area contributed by atoms with Gasteiger partial charge in [-0.15, -0.1) is 0 Å². The molecular weight excluding hydrogens is 331 g/mol. The lowest BCUT2D eigenvalue weighted by molar-refractivity contribution is 0.0689. The Kier molecular flexibility index (Phi) is 6.04. The van der Waals surface area contributed by atoms with E-state index in [1.165, 1.54) is 12.1 Å². The van der Waals surface area contributed by atoms with Gasteiger partial charge in [-0.05, 0) is 62.5 Å². The van der Waals surface area contributed by atoms with E-state index in [1.807, 2.05) is 11.8 Å². The average Bonchev–Trinajstić information content (AvgIpc) is 3.10. The highest BCUT2D eigenvalue weighted by atomic mass is 19.1. The van der Waals surface area contributed by atoms with Gasteiger partial charge in [0, 0.05) is 13.1 Å². The zero-order valence-corrected chi connectivity index (χ0v) is 15.5. The number of carbonyl (C=O) groups is 1. The quantitative estimate of drug-likeness (QED) is 0.863. The molecule has 0 radical (unpaired) electrons. The van der Waals surface area contributed by atoms with E-state index in [1.54, 1.807) is 23.0 Å². The van der Waals surface area contributed by atoms with Gasteiger partial charge in [-0.3, -0.25) is 4.79 Å². The maximum atomic E-state index is 13.2. The molecule has 0 saturated carbocycles. The number of hydrogen-bond donors (Lipinski definition) is 1. The van der Waals surface area contributed by atoms with Gasteiger partial charge in [-0.1, -0.05) is 13.8 Å². The molecule has 6 heteroatoms. The van der Waals surface area contributed by atoms with E-state index >= 15 is 0 Å². The normalized spacial score (nSPS) is 15.4. The fourth-order valence-corrected chi connectivity index (χ4v) is 3.56. The standard InChI is InChI=1S/C20H27FN4O/c1-3-19-18(14-23-25(19)17-7-5-16(21)6-8-17)20(26)24-11-9-15(10-12-24)13-22-4-2/h5-8,14-15,22H,3-4,9-13H2,1-2H3. The second-order valence-corrected chi connectivity index (χ2v) is 6.79. The van der Waals surface area contributed by atoms with Gasteiger partial charge < -0.3 is 10.2 Å². The molecule has 140 valence electrons. The molecule has 5 nitrogen and oxygen atoms in total. The van der Waals surface area contributed by atoms with E-state index in [0.717, 1.165) is 50.4 Å². The summed E-state index contributed by atoms with van der Waals surface area (Å²) in [6, 6.07) is 6.18. The van der Waals surface area contributed by atoms with Crippen LogP contribution in [0.15, 0.2) is 30.5 Å². The molecule has 1 aromatic heterocycles. The molecule has 1 aliphatic rings. The SMILES string of the molecule is CCNCC1CCN(C(=O)c2cnn(-c3ccc(F)cc3)c2CC)CC1. The summed E-state index contributed by atoms with van der Waals surface area (Å²) in [5.41, 5.74) is 2.30. The molecule has 1 aromatic carbocycles. The molecule has 0 spiro atoms. The first kappa shape index (κ1) is 18.6. The molecule has 3 rings (SSSR count). The van der Waals surface area contributed by atoms with Crippen molar-refractivity contribution in [2.24, 2.45) is 5.92 Å².